The summed E-state index contributed by atoms with van der Waals surface area (Å²) in [6.07, 6.45) is 0.981. The molecule has 3 heteroatoms. The lowest BCUT2D eigenvalue weighted by Crippen LogP contribution is -2.03. The molecule has 1 N–H and O–H groups in total. The number of amides is 1. The average molecular weight is 191 g/mol. The van der Waals surface area contributed by atoms with Crippen molar-refractivity contribution in [3.05, 3.63) is 29.3 Å². The number of carbonyl (C=O) groups is 2. The highest BCUT2D eigenvalue weighted by Crippen LogP contribution is 2.17. The summed E-state index contributed by atoms with van der Waals surface area (Å²) in [7, 11) is 0. The number of carbonyl (C=O) groups excluding carboxylic acids is 2. The molecule has 0 saturated carbocycles. The van der Waals surface area contributed by atoms with Crippen molar-refractivity contribution in [2.75, 3.05) is 5.32 Å². The maximum atomic E-state index is 10.9. The second kappa shape index (κ2) is 4.56. The summed E-state index contributed by atoms with van der Waals surface area (Å²) in [6.45, 7) is 3.47. The van der Waals surface area contributed by atoms with E-state index in [0.717, 1.165) is 16.8 Å². The summed E-state index contributed by atoms with van der Waals surface area (Å²) in [5.74, 6) is 0.0859. The van der Waals surface area contributed by atoms with Crippen LogP contribution in [0, 0.1) is 6.92 Å². The Labute approximate surface area is 83.1 Å². The summed E-state index contributed by atoms with van der Waals surface area (Å²) in [5, 5.41) is 2.59. The van der Waals surface area contributed by atoms with Crippen LogP contribution in [0.3, 0.4) is 0 Å². The Morgan fingerprint density at radius 1 is 1.50 bits per heavy atom. The smallest absolute Gasteiger partial charge is 0.211 e. The molecular formula is C11H13NO2. The molecule has 1 aromatic carbocycles. The molecule has 0 spiro atoms. The number of anilines is 1. The molecule has 0 saturated heterocycles. The summed E-state index contributed by atoms with van der Waals surface area (Å²) >= 11 is 0. The number of ketones is 1. The zero-order valence-corrected chi connectivity index (χ0v) is 8.33. The van der Waals surface area contributed by atoms with Crippen molar-refractivity contribution < 1.29 is 9.59 Å². The first kappa shape index (κ1) is 10.4. The van der Waals surface area contributed by atoms with Gasteiger partial charge in [-0.05, 0) is 31.0 Å². The summed E-state index contributed by atoms with van der Waals surface area (Å²) in [4.78, 5) is 21.3. The van der Waals surface area contributed by atoms with Gasteiger partial charge in [-0.15, -0.1) is 0 Å². The highest BCUT2D eigenvalue weighted by Gasteiger charge is 2.04. The Morgan fingerprint density at radius 3 is 2.79 bits per heavy atom. The summed E-state index contributed by atoms with van der Waals surface area (Å²) < 4.78 is 0. The summed E-state index contributed by atoms with van der Waals surface area (Å²) in [5.41, 5.74) is 2.63. The molecule has 0 aliphatic heterocycles. The van der Waals surface area contributed by atoms with Crippen LogP contribution in [0.4, 0.5) is 5.69 Å². The lowest BCUT2D eigenvalue weighted by atomic mass is 10.1. The minimum absolute atomic E-state index is 0.0859. The maximum Gasteiger partial charge on any atom is 0.211 e. The molecule has 0 aliphatic carbocycles. The summed E-state index contributed by atoms with van der Waals surface area (Å²) in [6, 6.07) is 5.64. The second-order valence-corrected chi connectivity index (χ2v) is 3.30. The predicted octanol–water partition coefficient (Wildman–Crippen LogP) is 1.69. The quantitative estimate of drug-likeness (QED) is 0.736. The van der Waals surface area contributed by atoms with E-state index >= 15 is 0 Å². The molecule has 0 aliphatic rings. The Hall–Kier alpha value is -1.64. The van der Waals surface area contributed by atoms with Crippen LogP contribution in [0.2, 0.25) is 0 Å². The predicted molar refractivity (Wildman–Crippen MR) is 55.3 cm³/mol. The van der Waals surface area contributed by atoms with E-state index in [1.54, 1.807) is 0 Å². The number of hydrogen-bond donors (Lipinski definition) is 1. The molecule has 0 aromatic heterocycles. The molecule has 0 unspecified atom stereocenters. The maximum absolute atomic E-state index is 10.9. The number of benzene rings is 1. The van der Waals surface area contributed by atoms with Crippen molar-refractivity contribution in [2.24, 2.45) is 0 Å². The molecular weight excluding hydrogens is 178 g/mol. The van der Waals surface area contributed by atoms with E-state index in [-0.39, 0.29) is 5.78 Å². The third kappa shape index (κ3) is 2.69. The van der Waals surface area contributed by atoms with Crippen molar-refractivity contribution in [3.8, 4) is 0 Å². The third-order valence-corrected chi connectivity index (χ3v) is 1.92. The van der Waals surface area contributed by atoms with E-state index in [4.69, 9.17) is 0 Å². The Balaban J connectivity index is 3.01. The van der Waals surface area contributed by atoms with Gasteiger partial charge in [-0.3, -0.25) is 9.59 Å². The molecule has 0 heterocycles. The van der Waals surface area contributed by atoms with Crippen LogP contribution in [0.5, 0.6) is 0 Å². The fraction of sp³-hybridized carbons (Fsp3) is 0.273. The van der Waals surface area contributed by atoms with Gasteiger partial charge in [-0.25, -0.2) is 0 Å². The molecule has 1 amide bonds. The van der Waals surface area contributed by atoms with E-state index in [1.807, 2.05) is 25.1 Å². The van der Waals surface area contributed by atoms with Gasteiger partial charge in [-0.1, -0.05) is 12.1 Å². The molecule has 0 fully saturated rings. The van der Waals surface area contributed by atoms with Crippen molar-refractivity contribution in [1.82, 2.24) is 0 Å². The van der Waals surface area contributed by atoms with Gasteiger partial charge in [0.05, 0.1) is 0 Å². The second-order valence-electron chi connectivity index (χ2n) is 3.30. The van der Waals surface area contributed by atoms with Gasteiger partial charge in [-0.2, -0.15) is 0 Å². The monoisotopic (exact) mass is 191 g/mol. The molecule has 1 rings (SSSR count). The normalized spacial score (nSPS) is 9.57. The van der Waals surface area contributed by atoms with E-state index < -0.39 is 0 Å². The lowest BCUT2D eigenvalue weighted by Gasteiger charge is -2.07. The van der Waals surface area contributed by atoms with Crippen LogP contribution in [0.1, 0.15) is 18.1 Å². The number of hydrogen-bond acceptors (Lipinski definition) is 2. The largest absolute Gasteiger partial charge is 0.328 e. The van der Waals surface area contributed by atoms with Gasteiger partial charge in [0, 0.05) is 12.1 Å². The van der Waals surface area contributed by atoms with E-state index in [1.165, 1.54) is 6.92 Å². The highest BCUT2D eigenvalue weighted by atomic mass is 16.1. The van der Waals surface area contributed by atoms with Gasteiger partial charge < -0.3 is 5.32 Å². The van der Waals surface area contributed by atoms with Crippen LogP contribution in [0.15, 0.2) is 18.2 Å². The Bertz CT molecular complexity index is 358. The fourth-order valence-corrected chi connectivity index (χ4v) is 1.31. The molecule has 14 heavy (non-hydrogen) atoms. The first-order valence-corrected chi connectivity index (χ1v) is 4.42. The molecule has 74 valence electrons. The standard InChI is InChI=1S/C11H13NO2/c1-8-3-4-10(6-9(2)14)11(5-8)12-7-13/h3-5,7H,6H2,1-2H3,(H,12,13). The fourth-order valence-electron chi connectivity index (χ4n) is 1.31. The van der Waals surface area contributed by atoms with E-state index in [2.05, 4.69) is 5.32 Å². The van der Waals surface area contributed by atoms with Gasteiger partial charge in [0.2, 0.25) is 6.41 Å². The van der Waals surface area contributed by atoms with Crippen LogP contribution in [-0.2, 0) is 16.0 Å². The van der Waals surface area contributed by atoms with Crippen LogP contribution in [-0.4, -0.2) is 12.2 Å². The van der Waals surface area contributed by atoms with Crippen molar-refractivity contribution in [1.29, 1.82) is 0 Å². The number of nitrogens with one attached hydrogen (secondary N) is 1. The minimum Gasteiger partial charge on any atom is -0.328 e. The third-order valence-electron chi connectivity index (χ3n) is 1.92. The van der Waals surface area contributed by atoms with Crippen LogP contribution < -0.4 is 5.32 Å². The zero-order chi connectivity index (χ0) is 10.6. The molecule has 0 atom stereocenters. The number of Topliss-reactive ketones (excluding diaryl/α,β-unsaturated/α-hetero) is 1. The van der Waals surface area contributed by atoms with Crippen LogP contribution in [0.25, 0.3) is 0 Å². The molecule has 0 bridgehead atoms. The van der Waals surface area contributed by atoms with Crippen molar-refractivity contribution in [3.63, 3.8) is 0 Å². The number of rotatable bonds is 4. The first-order valence-electron chi connectivity index (χ1n) is 4.42. The van der Waals surface area contributed by atoms with Gasteiger partial charge >= 0.3 is 0 Å². The van der Waals surface area contributed by atoms with E-state index in [9.17, 15) is 9.59 Å². The average Bonchev–Trinajstić information content (AvgIpc) is 2.09. The molecule has 3 nitrogen and oxygen atoms in total. The van der Waals surface area contributed by atoms with Crippen LogP contribution >= 0.6 is 0 Å². The number of aryl methyl sites for hydroxylation is 1. The van der Waals surface area contributed by atoms with Crippen molar-refractivity contribution >= 4 is 17.9 Å². The zero-order valence-electron chi connectivity index (χ0n) is 8.33. The molecule has 1 aromatic rings. The minimum atomic E-state index is 0.0859. The first-order chi connectivity index (χ1) is 6.63. The molecule has 0 radical (unpaired) electrons. The van der Waals surface area contributed by atoms with Gasteiger partial charge in [0.15, 0.2) is 0 Å². The van der Waals surface area contributed by atoms with Crippen molar-refractivity contribution in [2.45, 2.75) is 20.3 Å². The van der Waals surface area contributed by atoms with E-state index in [0.29, 0.717) is 12.8 Å². The van der Waals surface area contributed by atoms with Gasteiger partial charge in [0.1, 0.15) is 5.78 Å². The Kier molecular flexibility index (Phi) is 3.40. The Morgan fingerprint density at radius 2 is 2.21 bits per heavy atom. The topological polar surface area (TPSA) is 46.2 Å². The van der Waals surface area contributed by atoms with Gasteiger partial charge in [0.25, 0.3) is 0 Å². The SMILES string of the molecule is CC(=O)Cc1ccc(C)cc1NC=O. The highest BCUT2D eigenvalue weighted by molar-refractivity contribution is 5.82. The lowest BCUT2D eigenvalue weighted by molar-refractivity contribution is -0.116.